The molecule has 2 atom stereocenters. The van der Waals surface area contributed by atoms with Crippen LogP contribution in [0.2, 0.25) is 5.02 Å². The second-order valence-corrected chi connectivity index (χ2v) is 5.73. The minimum absolute atomic E-state index is 0.506. The Labute approximate surface area is 118 Å². The van der Waals surface area contributed by atoms with Crippen molar-refractivity contribution in [2.45, 2.75) is 45.1 Å². The summed E-state index contributed by atoms with van der Waals surface area (Å²) in [5, 5.41) is 8.63. The van der Waals surface area contributed by atoms with Crippen LogP contribution in [0.15, 0.2) is 18.3 Å². The summed E-state index contributed by atoms with van der Waals surface area (Å²) in [6.45, 7) is 2.27. The molecule has 0 radical (unpaired) electrons. The van der Waals surface area contributed by atoms with E-state index < -0.39 is 0 Å². The van der Waals surface area contributed by atoms with Crippen molar-refractivity contribution in [3.8, 4) is 0 Å². The van der Waals surface area contributed by atoms with Gasteiger partial charge in [-0.15, -0.1) is 5.10 Å². The SMILES string of the molecule is CCC1CCCCC1Nc1nc2ccc(Cl)cn2n1. The molecule has 0 amide bonds. The summed E-state index contributed by atoms with van der Waals surface area (Å²) < 4.78 is 1.73. The van der Waals surface area contributed by atoms with Gasteiger partial charge in [0.2, 0.25) is 5.95 Å². The maximum absolute atomic E-state index is 5.96. The van der Waals surface area contributed by atoms with E-state index in [4.69, 9.17) is 11.6 Å². The molecular formula is C14H19ClN4. The van der Waals surface area contributed by atoms with Crippen LogP contribution in [0.3, 0.4) is 0 Å². The number of anilines is 1. The molecule has 2 unspecified atom stereocenters. The van der Waals surface area contributed by atoms with Gasteiger partial charge in [0.15, 0.2) is 5.65 Å². The number of aromatic nitrogens is 3. The van der Waals surface area contributed by atoms with Gasteiger partial charge in [-0.2, -0.15) is 4.98 Å². The topological polar surface area (TPSA) is 42.2 Å². The van der Waals surface area contributed by atoms with Crippen molar-refractivity contribution in [2.75, 3.05) is 5.32 Å². The van der Waals surface area contributed by atoms with Crippen molar-refractivity contribution in [2.24, 2.45) is 5.92 Å². The third kappa shape index (κ3) is 2.68. The Bertz CT molecular complexity index is 566. The Morgan fingerprint density at radius 2 is 2.21 bits per heavy atom. The molecule has 0 aliphatic heterocycles. The number of hydrogen-bond acceptors (Lipinski definition) is 3. The fourth-order valence-corrected chi connectivity index (χ4v) is 3.13. The average Bonchev–Trinajstić information content (AvgIpc) is 2.80. The molecule has 2 heterocycles. The maximum Gasteiger partial charge on any atom is 0.243 e. The summed E-state index contributed by atoms with van der Waals surface area (Å²) >= 11 is 5.96. The number of fused-ring (bicyclic) bond motifs is 1. The molecule has 3 rings (SSSR count). The highest BCUT2D eigenvalue weighted by Crippen LogP contribution is 2.28. The van der Waals surface area contributed by atoms with Gasteiger partial charge in [0.1, 0.15) is 0 Å². The normalized spacial score (nSPS) is 23.7. The number of pyridine rings is 1. The lowest BCUT2D eigenvalue weighted by Crippen LogP contribution is -2.32. The fourth-order valence-electron chi connectivity index (χ4n) is 2.97. The van der Waals surface area contributed by atoms with Gasteiger partial charge in [-0.1, -0.05) is 37.8 Å². The summed E-state index contributed by atoms with van der Waals surface area (Å²) in [6.07, 6.45) is 8.19. The van der Waals surface area contributed by atoms with E-state index in [1.54, 1.807) is 10.7 Å². The van der Waals surface area contributed by atoms with E-state index in [1.165, 1.54) is 32.1 Å². The largest absolute Gasteiger partial charge is 0.350 e. The van der Waals surface area contributed by atoms with Crippen LogP contribution >= 0.6 is 11.6 Å². The molecule has 5 heteroatoms. The zero-order chi connectivity index (χ0) is 13.2. The molecule has 2 aromatic rings. The van der Waals surface area contributed by atoms with Crippen molar-refractivity contribution in [1.82, 2.24) is 14.6 Å². The summed E-state index contributed by atoms with van der Waals surface area (Å²) in [5.41, 5.74) is 0.829. The number of hydrogen-bond donors (Lipinski definition) is 1. The van der Waals surface area contributed by atoms with E-state index in [2.05, 4.69) is 22.3 Å². The first-order valence-electron chi connectivity index (χ1n) is 7.04. The summed E-state index contributed by atoms with van der Waals surface area (Å²) in [6, 6.07) is 4.23. The zero-order valence-corrected chi connectivity index (χ0v) is 11.9. The lowest BCUT2D eigenvalue weighted by Gasteiger charge is -2.31. The third-order valence-corrected chi connectivity index (χ3v) is 4.27. The van der Waals surface area contributed by atoms with Crippen molar-refractivity contribution >= 4 is 23.2 Å². The van der Waals surface area contributed by atoms with Gasteiger partial charge in [-0.25, -0.2) is 4.52 Å². The summed E-state index contributed by atoms with van der Waals surface area (Å²) in [5.74, 6) is 1.46. The van der Waals surface area contributed by atoms with Crippen LogP contribution in [-0.2, 0) is 0 Å². The summed E-state index contributed by atoms with van der Waals surface area (Å²) in [4.78, 5) is 4.50. The van der Waals surface area contributed by atoms with Crippen molar-refractivity contribution in [1.29, 1.82) is 0 Å². The molecule has 0 spiro atoms. The second-order valence-electron chi connectivity index (χ2n) is 5.29. The first-order valence-corrected chi connectivity index (χ1v) is 7.42. The number of halogens is 1. The minimum atomic E-state index is 0.506. The zero-order valence-electron chi connectivity index (χ0n) is 11.1. The molecule has 1 saturated carbocycles. The van der Waals surface area contributed by atoms with Gasteiger partial charge in [-0.3, -0.25) is 0 Å². The van der Waals surface area contributed by atoms with E-state index in [0.29, 0.717) is 17.0 Å². The predicted molar refractivity (Wildman–Crippen MR) is 77.7 cm³/mol. The van der Waals surface area contributed by atoms with E-state index in [-0.39, 0.29) is 0 Å². The second kappa shape index (κ2) is 5.37. The van der Waals surface area contributed by atoms with Crippen LogP contribution in [0.5, 0.6) is 0 Å². The lowest BCUT2D eigenvalue weighted by molar-refractivity contribution is 0.316. The quantitative estimate of drug-likeness (QED) is 0.929. The first kappa shape index (κ1) is 12.7. The Kier molecular flexibility index (Phi) is 3.60. The Morgan fingerprint density at radius 3 is 3.05 bits per heavy atom. The molecule has 1 fully saturated rings. The molecule has 1 N–H and O–H groups in total. The smallest absolute Gasteiger partial charge is 0.243 e. The molecule has 0 bridgehead atoms. The standard InChI is InChI=1S/C14H19ClN4/c1-2-10-5-3-4-6-12(10)16-14-17-13-8-7-11(15)9-19(13)18-14/h7-10,12H,2-6H2,1H3,(H,16,18). The third-order valence-electron chi connectivity index (χ3n) is 4.04. The van der Waals surface area contributed by atoms with Crippen molar-refractivity contribution in [3.63, 3.8) is 0 Å². The average molecular weight is 279 g/mol. The van der Waals surface area contributed by atoms with Crippen LogP contribution in [0, 0.1) is 5.92 Å². The molecule has 0 aromatic carbocycles. The van der Waals surface area contributed by atoms with Gasteiger partial charge in [0, 0.05) is 12.2 Å². The monoisotopic (exact) mass is 278 g/mol. The molecule has 4 nitrogen and oxygen atoms in total. The van der Waals surface area contributed by atoms with E-state index in [9.17, 15) is 0 Å². The van der Waals surface area contributed by atoms with E-state index in [1.807, 2.05) is 12.1 Å². The molecule has 2 aromatic heterocycles. The Hall–Kier alpha value is -1.29. The van der Waals surface area contributed by atoms with Crippen LogP contribution in [0.25, 0.3) is 5.65 Å². The fraction of sp³-hybridized carbons (Fsp3) is 0.571. The molecule has 1 aliphatic rings. The highest BCUT2D eigenvalue weighted by molar-refractivity contribution is 6.30. The summed E-state index contributed by atoms with van der Waals surface area (Å²) in [7, 11) is 0. The van der Waals surface area contributed by atoms with Gasteiger partial charge in [0.25, 0.3) is 0 Å². The van der Waals surface area contributed by atoms with Gasteiger partial charge in [0.05, 0.1) is 5.02 Å². The maximum atomic E-state index is 5.96. The highest BCUT2D eigenvalue weighted by atomic mass is 35.5. The van der Waals surface area contributed by atoms with Crippen LogP contribution in [0.4, 0.5) is 5.95 Å². The van der Waals surface area contributed by atoms with Gasteiger partial charge >= 0.3 is 0 Å². The molecular weight excluding hydrogens is 260 g/mol. The van der Waals surface area contributed by atoms with Gasteiger partial charge < -0.3 is 5.32 Å². The first-order chi connectivity index (χ1) is 9.26. The van der Waals surface area contributed by atoms with Crippen LogP contribution < -0.4 is 5.32 Å². The highest BCUT2D eigenvalue weighted by Gasteiger charge is 2.24. The molecule has 102 valence electrons. The van der Waals surface area contributed by atoms with Crippen molar-refractivity contribution < 1.29 is 0 Å². The molecule has 1 aliphatic carbocycles. The van der Waals surface area contributed by atoms with Crippen molar-refractivity contribution in [3.05, 3.63) is 23.4 Å². The number of rotatable bonds is 3. The Morgan fingerprint density at radius 1 is 1.37 bits per heavy atom. The van der Waals surface area contributed by atoms with Crippen LogP contribution in [-0.4, -0.2) is 20.6 Å². The molecule has 19 heavy (non-hydrogen) atoms. The van der Waals surface area contributed by atoms with Crippen LogP contribution in [0.1, 0.15) is 39.0 Å². The number of nitrogens with one attached hydrogen (secondary N) is 1. The van der Waals surface area contributed by atoms with E-state index >= 15 is 0 Å². The Balaban J connectivity index is 1.80. The minimum Gasteiger partial charge on any atom is -0.350 e. The van der Waals surface area contributed by atoms with E-state index in [0.717, 1.165) is 11.6 Å². The van der Waals surface area contributed by atoms with Gasteiger partial charge in [-0.05, 0) is 30.9 Å². The lowest BCUT2D eigenvalue weighted by atomic mass is 9.83. The predicted octanol–water partition coefficient (Wildman–Crippen LogP) is 3.76. The number of nitrogens with zero attached hydrogens (tertiary/aromatic N) is 3. The molecule has 0 saturated heterocycles.